The third-order valence-corrected chi connectivity index (χ3v) is 10.3. The van der Waals surface area contributed by atoms with Crippen LogP contribution in [0.2, 0.25) is 0 Å². The van der Waals surface area contributed by atoms with Crippen LogP contribution in [0.5, 0.6) is 5.75 Å². The minimum atomic E-state index is -0.156. The van der Waals surface area contributed by atoms with Crippen LogP contribution >= 0.6 is 0 Å². The fourth-order valence-electron chi connectivity index (χ4n) is 7.91. The summed E-state index contributed by atoms with van der Waals surface area (Å²) in [5.41, 5.74) is 9.51. The molecule has 0 saturated carbocycles. The second-order valence-electron chi connectivity index (χ2n) is 13.3. The van der Waals surface area contributed by atoms with Crippen molar-refractivity contribution in [2.45, 2.75) is 12.0 Å². The first-order valence-corrected chi connectivity index (χ1v) is 17.5. The number of pyridine rings is 2. The Labute approximate surface area is 298 Å². The van der Waals surface area contributed by atoms with E-state index in [0.717, 1.165) is 73.1 Å². The molecule has 5 aromatic carbocycles. The number of anilines is 2. The Hall–Kier alpha value is -6.92. The molecule has 1 aliphatic carbocycles. The number of ether oxygens (including phenoxy) is 1. The van der Waals surface area contributed by atoms with E-state index in [1.807, 2.05) is 36.4 Å². The minimum absolute atomic E-state index is 0.100. The van der Waals surface area contributed by atoms with Gasteiger partial charge in [0.1, 0.15) is 34.4 Å². The SMILES string of the molecule is C1=CC2c3c(c4ccccc4c4ccccc34)OC2C=C1N(c1ccc(-c2cc3ncccc3o2)cc1)c1ccc(-c2cc3ncccc3o2)cc1. The van der Waals surface area contributed by atoms with E-state index in [4.69, 9.17) is 13.6 Å². The fourth-order valence-corrected chi connectivity index (χ4v) is 7.91. The minimum Gasteiger partial charge on any atom is -0.484 e. The maximum absolute atomic E-state index is 6.90. The number of hydrogen-bond acceptors (Lipinski definition) is 6. The van der Waals surface area contributed by atoms with Crippen LogP contribution in [0.15, 0.2) is 179 Å². The van der Waals surface area contributed by atoms with Crippen molar-refractivity contribution in [2.24, 2.45) is 0 Å². The standard InChI is InChI=1S/C46H29N3O3/c1-3-9-35-33(7-1)34-8-2-4-10-36(34)46-45(35)37-22-21-32(25-44(37)52-46)49(30-17-13-28(14-18-30)42-26-38-40(50-42)11-5-23-47-38)31-19-15-29(16-20-31)43-27-39-41(51-43)12-6-24-48-39/h1-27,37,44H. The predicted molar refractivity (Wildman–Crippen MR) is 207 cm³/mol. The van der Waals surface area contributed by atoms with Gasteiger partial charge in [0.05, 0.1) is 0 Å². The zero-order valence-corrected chi connectivity index (χ0v) is 27.8. The van der Waals surface area contributed by atoms with E-state index >= 15 is 0 Å². The first kappa shape index (κ1) is 28.9. The molecule has 5 heterocycles. The lowest BCUT2D eigenvalue weighted by Crippen LogP contribution is -2.24. The summed E-state index contributed by atoms with van der Waals surface area (Å²) in [5, 5.41) is 4.87. The Bertz CT molecular complexity index is 2720. The molecule has 6 nitrogen and oxygen atoms in total. The molecule has 246 valence electrons. The molecule has 52 heavy (non-hydrogen) atoms. The lowest BCUT2D eigenvalue weighted by Gasteiger charge is -2.30. The highest BCUT2D eigenvalue weighted by Crippen LogP contribution is 2.51. The summed E-state index contributed by atoms with van der Waals surface area (Å²) >= 11 is 0. The molecule has 6 heteroatoms. The van der Waals surface area contributed by atoms with Gasteiger partial charge in [-0.2, -0.15) is 0 Å². The summed E-state index contributed by atoms with van der Waals surface area (Å²) in [4.78, 5) is 11.2. The van der Waals surface area contributed by atoms with Gasteiger partial charge in [-0.15, -0.1) is 0 Å². The largest absolute Gasteiger partial charge is 0.484 e. The van der Waals surface area contributed by atoms with Crippen molar-refractivity contribution < 1.29 is 13.6 Å². The number of aromatic nitrogens is 2. The Kier molecular flexibility index (Phi) is 6.28. The molecule has 0 saturated heterocycles. The molecule has 0 N–H and O–H groups in total. The number of fused-ring (bicyclic) bond motifs is 10. The van der Waals surface area contributed by atoms with E-state index in [0.29, 0.717) is 0 Å². The first-order chi connectivity index (χ1) is 25.7. The van der Waals surface area contributed by atoms with Crippen molar-refractivity contribution in [3.8, 4) is 28.4 Å². The third kappa shape index (κ3) is 4.51. The molecule has 2 aliphatic rings. The van der Waals surface area contributed by atoms with Gasteiger partial charge in [0.2, 0.25) is 0 Å². The number of rotatable bonds is 5. The Morgan fingerprint density at radius 1 is 0.538 bits per heavy atom. The Morgan fingerprint density at radius 3 is 1.65 bits per heavy atom. The average molecular weight is 672 g/mol. The van der Waals surface area contributed by atoms with Crippen LogP contribution in [0.1, 0.15) is 11.5 Å². The number of allylic oxidation sites excluding steroid dienone is 1. The predicted octanol–water partition coefficient (Wildman–Crippen LogP) is 11.7. The monoisotopic (exact) mass is 671 g/mol. The van der Waals surface area contributed by atoms with E-state index in [9.17, 15) is 0 Å². The molecule has 11 rings (SSSR count). The topological polar surface area (TPSA) is 64.5 Å². The smallest absolute Gasteiger partial charge is 0.153 e. The second-order valence-corrected chi connectivity index (χ2v) is 13.3. The van der Waals surface area contributed by atoms with Gasteiger partial charge in [0, 0.05) is 69.6 Å². The Morgan fingerprint density at radius 2 is 1.08 bits per heavy atom. The van der Waals surface area contributed by atoms with Crippen molar-refractivity contribution in [1.82, 2.24) is 9.97 Å². The van der Waals surface area contributed by atoms with E-state index in [-0.39, 0.29) is 12.0 Å². The third-order valence-electron chi connectivity index (χ3n) is 10.3. The molecule has 9 aromatic rings. The van der Waals surface area contributed by atoms with E-state index < -0.39 is 0 Å². The van der Waals surface area contributed by atoms with Gasteiger partial charge >= 0.3 is 0 Å². The number of nitrogens with zero attached hydrogens (tertiary/aromatic N) is 3. The zero-order chi connectivity index (χ0) is 34.2. The fraction of sp³-hybridized carbons (Fsp3) is 0.0435. The second kappa shape index (κ2) is 11.3. The molecule has 0 amide bonds. The maximum Gasteiger partial charge on any atom is 0.153 e. The van der Waals surface area contributed by atoms with Gasteiger partial charge in [-0.3, -0.25) is 9.97 Å². The molecule has 4 aromatic heterocycles. The van der Waals surface area contributed by atoms with Crippen molar-refractivity contribution in [3.63, 3.8) is 0 Å². The van der Waals surface area contributed by atoms with Crippen molar-refractivity contribution in [2.75, 3.05) is 4.90 Å². The average Bonchev–Trinajstić information content (AvgIpc) is 3.94. The van der Waals surface area contributed by atoms with Gasteiger partial charge in [-0.25, -0.2) is 0 Å². The number of hydrogen-bond donors (Lipinski definition) is 0. The maximum atomic E-state index is 6.90. The van der Waals surface area contributed by atoms with Gasteiger partial charge in [0.25, 0.3) is 0 Å². The quantitative estimate of drug-likeness (QED) is 0.170. The van der Waals surface area contributed by atoms with Crippen LogP contribution in [0, 0.1) is 0 Å². The van der Waals surface area contributed by atoms with Gasteiger partial charge in [-0.05, 0) is 101 Å². The molecular weight excluding hydrogens is 643 g/mol. The molecular formula is C46H29N3O3. The molecule has 0 bridgehead atoms. The summed E-state index contributed by atoms with van der Waals surface area (Å²) < 4.78 is 19.2. The van der Waals surface area contributed by atoms with Crippen LogP contribution < -0.4 is 9.64 Å². The molecule has 0 spiro atoms. The van der Waals surface area contributed by atoms with E-state index in [1.54, 1.807) is 12.4 Å². The van der Waals surface area contributed by atoms with E-state index in [2.05, 4.69) is 130 Å². The summed E-state index contributed by atoms with van der Waals surface area (Å²) in [5.74, 6) is 2.65. The van der Waals surface area contributed by atoms with Crippen molar-refractivity contribution >= 4 is 55.1 Å². The highest BCUT2D eigenvalue weighted by atomic mass is 16.5. The van der Waals surface area contributed by atoms with Crippen LogP contribution in [0.3, 0.4) is 0 Å². The number of benzene rings is 5. The highest BCUT2D eigenvalue weighted by Gasteiger charge is 2.37. The number of furan rings is 2. The van der Waals surface area contributed by atoms with E-state index in [1.165, 1.54) is 21.7 Å². The molecule has 0 fully saturated rings. The van der Waals surface area contributed by atoms with Crippen molar-refractivity contribution in [3.05, 3.63) is 175 Å². The molecule has 0 radical (unpaired) electrons. The van der Waals surface area contributed by atoms with Crippen LogP contribution in [-0.2, 0) is 0 Å². The molecule has 2 unspecified atom stereocenters. The summed E-state index contributed by atoms with van der Waals surface area (Å²) in [7, 11) is 0. The normalized spacial score (nSPS) is 16.3. The lowest BCUT2D eigenvalue weighted by molar-refractivity contribution is 0.270. The van der Waals surface area contributed by atoms with Crippen molar-refractivity contribution in [1.29, 1.82) is 0 Å². The van der Waals surface area contributed by atoms with Crippen LogP contribution in [0.4, 0.5) is 11.4 Å². The molecule has 1 aliphatic heterocycles. The zero-order valence-electron chi connectivity index (χ0n) is 27.8. The first-order valence-electron chi connectivity index (χ1n) is 17.5. The van der Waals surface area contributed by atoms with Crippen LogP contribution in [0.25, 0.3) is 66.4 Å². The summed E-state index contributed by atoms with van der Waals surface area (Å²) in [6, 6.07) is 45.9. The van der Waals surface area contributed by atoms with Gasteiger partial charge in [-0.1, -0.05) is 54.6 Å². The Balaban J connectivity index is 1.00. The van der Waals surface area contributed by atoms with Gasteiger partial charge in [0.15, 0.2) is 11.2 Å². The molecule has 2 atom stereocenters. The van der Waals surface area contributed by atoms with Gasteiger partial charge < -0.3 is 18.5 Å². The summed E-state index contributed by atoms with van der Waals surface area (Å²) in [6.07, 6.45) is 10.2. The van der Waals surface area contributed by atoms with Crippen LogP contribution in [-0.4, -0.2) is 16.1 Å². The lowest BCUT2D eigenvalue weighted by atomic mass is 9.85. The summed E-state index contributed by atoms with van der Waals surface area (Å²) in [6.45, 7) is 0. The highest BCUT2D eigenvalue weighted by molar-refractivity contribution is 6.13.